The Balaban J connectivity index is 1.87. The molecule has 0 aromatic rings. The lowest BCUT2D eigenvalue weighted by Crippen LogP contribution is -2.49. The van der Waals surface area contributed by atoms with Gasteiger partial charge in [-0.15, -0.1) is 0 Å². The van der Waals surface area contributed by atoms with E-state index in [9.17, 15) is 0 Å². The van der Waals surface area contributed by atoms with E-state index < -0.39 is 0 Å². The van der Waals surface area contributed by atoms with Crippen LogP contribution < -0.4 is 5.32 Å². The van der Waals surface area contributed by atoms with Crippen molar-refractivity contribution in [3.63, 3.8) is 0 Å². The zero-order valence-electron chi connectivity index (χ0n) is 10.5. The molecule has 0 radical (unpaired) electrons. The van der Waals surface area contributed by atoms with Crippen molar-refractivity contribution in [2.45, 2.75) is 56.9 Å². The van der Waals surface area contributed by atoms with E-state index in [-0.39, 0.29) is 11.6 Å². The maximum atomic E-state index is 5.63. The summed E-state index contributed by atoms with van der Waals surface area (Å²) >= 11 is 1.91. The van der Waals surface area contributed by atoms with Gasteiger partial charge in [-0.05, 0) is 26.7 Å². The second-order valence-electron chi connectivity index (χ2n) is 4.98. The topological polar surface area (TPSA) is 33.6 Å². The number of thioether (sulfide) groups is 1. The number of amidine groups is 1. The van der Waals surface area contributed by atoms with Gasteiger partial charge in [-0.1, -0.05) is 25.1 Å². The highest BCUT2D eigenvalue weighted by Gasteiger charge is 2.38. The Morgan fingerprint density at radius 2 is 2.44 bits per heavy atom. The first kappa shape index (κ1) is 12.2. The van der Waals surface area contributed by atoms with Gasteiger partial charge in [-0.3, -0.25) is 4.99 Å². The third-order valence-corrected chi connectivity index (χ3v) is 4.78. The fourth-order valence-electron chi connectivity index (χ4n) is 2.20. The van der Waals surface area contributed by atoms with Crippen molar-refractivity contribution in [2.24, 2.45) is 4.99 Å². The van der Waals surface area contributed by atoms with Crippen LogP contribution in [-0.4, -0.2) is 35.2 Å². The summed E-state index contributed by atoms with van der Waals surface area (Å²) in [5.41, 5.74) is 0.0763. The number of aliphatic imine (C=N–C) groups is 1. The van der Waals surface area contributed by atoms with Crippen LogP contribution in [0.3, 0.4) is 0 Å². The minimum Gasteiger partial charge on any atom is -0.376 e. The Morgan fingerprint density at radius 1 is 1.62 bits per heavy atom. The number of nitrogens with zero attached hydrogens (tertiary/aromatic N) is 1. The van der Waals surface area contributed by atoms with Crippen molar-refractivity contribution < 1.29 is 4.74 Å². The van der Waals surface area contributed by atoms with Crippen molar-refractivity contribution in [1.29, 1.82) is 0 Å². The molecule has 0 aromatic carbocycles. The molecule has 2 heterocycles. The quantitative estimate of drug-likeness (QED) is 0.825. The molecule has 3 unspecified atom stereocenters. The molecular formula is C12H22N2OS. The third kappa shape index (κ3) is 2.54. The van der Waals surface area contributed by atoms with E-state index in [0.29, 0.717) is 5.25 Å². The van der Waals surface area contributed by atoms with Gasteiger partial charge >= 0.3 is 0 Å². The molecule has 0 aromatic heterocycles. The number of hydrogen-bond donors (Lipinski definition) is 1. The lowest BCUT2D eigenvalue weighted by atomic mass is 9.95. The average molecular weight is 242 g/mol. The van der Waals surface area contributed by atoms with Gasteiger partial charge in [0.05, 0.1) is 18.2 Å². The van der Waals surface area contributed by atoms with Gasteiger partial charge in [0.2, 0.25) is 0 Å². The van der Waals surface area contributed by atoms with Gasteiger partial charge in [-0.2, -0.15) is 0 Å². The molecule has 2 aliphatic rings. The summed E-state index contributed by atoms with van der Waals surface area (Å²) in [4.78, 5) is 4.59. The largest absolute Gasteiger partial charge is 0.376 e. The Labute approximate surface area is 102 Å². The van der Waals surface area contributed by atoms with E-state index in [2.05, 4.69) is 31.1 Å². The fourth-order valence-corrected chi connectivity index (χ4v) is 3.46. The first-order valence-corrected chi connectivity index (χ1v) is 7.13. The summed E-state index contributed by atoms with van der Waals surface area (Å²) in [7, 11) is 0. The fraction of sp³-hybridized carbons (Fsp3) is 0.917. The molecule has 4 heteroatoms. The summed E-state index contributed by atoms with van der Waals surface area (Å²) < 4.78 is 5.63. The van der Waals surface area contributed by atoms with Crippen molar-refractivity contribution in [3.8, 4) is 0 Å². The van der Waals surface area contributed by atoms with Gasteiger partial charge in [0, 0.05) is 11.9 Å². The molecule has 0 bridgehead atoms. The average Bonchev–Trinajstić information content (AvgIpc) is 2.77. The van der Waals surface area contributed by atoms with Gasteiger partial charge in [0.15, 0.2) is 5.17 Å². The SMILES string of the molecule is CCCC1CN=C(NC2(C)CCOC2C)S1. The van der Waals surface area contributed by atoms with E-state index in [1.165, 1.54) is 12.8 Å². The van der Waals surface area contributed by atoms with Crippen LogP contribution in [0, 0.1) is 0 Å². The van der Waals surface area contributed by atoms with Crippen LogP contribution >= 0.6 is 11.8 Å². The van der Waals surface area contributed by atoms with E-state index in [0.717, 1.165) is 24.7 Å². The summed E-state index contributed by atoms with van der Waals surface area (Å²) in [6.07, 6.45) is 3.87. The van der Waals surface area contributed by atoms with E-state index in [4.69, 9.17) is 4.74 Å². The van der Waals surface area contributed by atoms with Gasteiger partial charge in [-0.25, -0.2) is 0 Å². The Kier molecular flexibility index (Phi) is 3.80. The lowest BCUT2D eigenvalue weighted by molar-refractivity contribution is 0.0951. The summed E-state index contributed by atoms with van der Waals surface area (Å²) in [5, 5.41) is 5.39. The normalized spacial score (nSPS) is 38.8. The van der Waals surface area contributed by atoms with E-state index >= 15 is 0 Å². The molecule has 0 spiro atoms. The van der Waals surface area contributed by atoms with Crippen molar-refractivity contribution >= 4 is 16.9 Å². The van der Waals surface area contributed by atoms with Crippen LogP contribution in [-0.2, 0) is 4.74 Å². The Bertz CT molecular complexity index is 282. The molecular weight excluding hydrogens is 220 g/mol. The molecule has 1 fully saturated rings. The number of rotatable bonds is 3. The van der Waals surface area contributed by atoms with Gasteiger partial charge < -0.3 is 10.1 Å². The van der Waals surface area contributed by atoms with Crippen molar-refractivity contribution in [2.75, 3.05) is 13.2 Å². The zero-order chi connectivity index (χ0) is 11.6. The summed E-state index contributed by atoms with van der Waals surface area (Å²) in [6.45, 7) is 8.46. The van der Waals surface area contributed by atoms with Gasteiger partial charge in [0.25, 0.3) is 0 Å². The molecule has 1 N–H and O–H groups in total. The number of nitrogens with one attached hydrogen (secondary N) is 1. The Hall–Kier alpha value is -0.220. The monoisotopic (exact) mass is 242 g/mol. The molecule has 92 valence electrons. The van der Waals surface area contributed by atoms with Crippen LogP contribution in [0.25, 0.3) is 0 Å². The lowest BCUT2D eigenvalue weighted by Gasteiger charge is -2.29. The highest BCUT2D eigenvalue weighted by atomic mass is 32.2. The predicted molar refractivity (Wildman–Crippen MR) is 70.2 cm³/mol. The van der Waals surface area contributed by atoms with Crippen LogP contribution in [0.2, 0.25) is 0 Å². The van der Waals surface area contributed by atoms with Gasteiger partial charge in [0.1, 0.15) is 0 Å². The number of ether oxygens (including phenoxy) is 1. The van der Waals surface area contributed by atoms with E-state index in [1.54, 1.807) is 0 Å². The minimum atomic E-state index is 0.0763. The maximum Gasteiger partial charge on any atom is 0.157 e. The molecule has 2 rings (SSSR count). The molecule has 16 heavy (non-hydrogen) atoms. The Morgan fingerprint density at radius 3 is 3.06 bits per heavy atom. The molecule has 3 atom stereocenters. The first-order chi connectivity index (χ1) is 7.64. The second-order valence-corrected chi connectivity index (χ2v) is 6.27. The molecule has 0 saturated carbocycles. The molecule has 0 aliphatic carbocycles. The second kappa shape index (κ2) is 4.96. The van der Waals surface area contributed by atoms with Crippen molar-refractivity contribution in [1.82, 2.24) is 5.32 Å². The molecule has 3 nitrogen and oxygen atoms in total. The maximum absolute atomic E-state index is 5.63. The highest BCUT2D eigenvalue weighted by molar-refractivity contribution is 8.14. The van der Waals surface area contributed by atoms with Crippen LogP contribution in [0.15, 0.2) is 4.99 Å². The highest BCUT2D eigenvalue weighted by Crippen LogP contribution is 2.29. The van der Waals surface area contributed by atoms with Crippen LogP contribution in [0.1, 0.15) is 40.0 Å². The number of hydrogen-bond acceptors (Lipinski definition) is 4. The van der Waals surface area contributed by atoms with E-state index in [1.807, 2.05) is 11.8 Å². The smallest absolute Gasteiger partial charge is 0.157 e. The molecule has 2 aliphatic heterocycles. The summed E-state index contributed by atoms with van der Waals surface area (Å²) in [6, 6.07) is 0. The zero-order valence-corrected chi connectivity index (χ0v) is 11.3. The minimum absolute atomic E-state index is 0.0763. The first-order valence-electron chi connectivity index (χ1n) is 6.25. The van der Waals surface area contributed by atoms with Crippen LogP contribution in [0.4, 0.5) is 0 Å². The predicted octanol–water partition coefficient (Wildman–Crippen LogP) is 2.42. The molecule has 1 saturated heterocycles. The van der Waals surface area contributed by atoms with Crippen molar-refractivity contribution in [3.05, 3.63) is 0 Å². The van der Waals surface area contributed by atoms with Crippen LogP contribution in [0.5, 0.6) is 0 Å². The standard InChI is InChI=1S/C12H22N2OS/c1-4-5-10-8-13-11(16-10)14-12(3)6-7-15-9(12)2/h9-10H,4-8H2,1-3H3,(H,13,14). The molecule has 0 amide bonds. The summed E-state index contributed by atoms with van der Waals surface area (Å²) in [5.74, 6) is 0. The third-order valence-electron chi connectivity index (χ3n) is 3.61.